The molecule has 116 valence electrons. The largest absolute Gasteiger partial charge is 0.494 e. The number of aromatic nitrogens is 3. The summed E-state index contributed by atoms with van der Waals surface area (Å²) in [5, 5.41) is 13.8. The molecule has 0 saturated carbocycles. The van der Waals surface area contributed by atoms with E-state index in [0.717, 1.165) is 12.1 Å². The third-order valence-electron chi connectivity index (χ3n) is 3.39. The standard InChI is InChI=1S/C16H12F2N4O/c1-2-23-10-5-13(17)12(14(18)6-10)9-22-16-8-20-4-3-11(16)15(7-19)21-22/h3-6,8H,2,9H2,1H3. The molecule has 3 rings (SSSR count). The molecule has 1 aromatic carbocycles. The monoisotopic (exact) mass is 314 g/mol. The molecule has 0 unspecified atom stereocenters. The quantitative estimate of drug-likeness (QED) is 0.742. The predicted molar refractivity (Wildman–Crippen MR) is 78.9 cm³/mol. The predicted octanol–water partition coefficient (Wildman–Crippen LogP) is 3.03. The average Bonchev–Trinajstić information content (AvgIpc) is 2.89. The van der Waals surface area contributed by atoms with Crippen molar-refractivity contribution in [3.63, 3.8) is 0 Å². The Morgan fingerprint density at radius 3 is 2.70 bits per heavy atom. The fourth-order valence-corrected chi connectivity index (χ4v) is 2.35. The lowest BCUT2D eigenvalue weighted by Crippen LogP contribution is -2.07. The van der Waals surface area contributed by atoms with E-state index in [-0.39, 0.29) is 23.6 Å². The van der Waals surface area contributed by atoms with Gasteiger partial charge < -0.3 is 4.74 Å². The molecule has 0 fully saturated rings. The summed E-state index contributed by atoms with van der Waals surface area (Å²) in [5.41, 5.74) is 0.581. The SMILES string of the molecule is CCOc1cc(F)c(Cn2nc(C#N)c3ccncc32)c(F)c1. The Hall–Kier alpha value is -3.01. The number of nitriles is 1. The van der Waals surface area contributed by atoms with Crippen LogP contribution in [0.1, 0.15) is 18.2 Å². The third-order valence-corrected chi connectivity index (χ3v) is 3.39. The van der Waals surface area contributed by atoms with Gasteiger partial charge in [-0.1, -0.05) is 0 Å². The zero-order valence-electron chi connectivity index (χ0n) is 12.3. The fourth-order valence-electron chi connectivity index (χ4n) is 2.35. The van der Waals surface area contributed by atoms with Gasteiger partial charge >= 0.3 is 0 Å². The van der Waals surface area contributed by atoms with Crippen LogP contribution in [-0.2, 0) is 6.54 Å². The molecule has 0 N–H and O–H groups in total. The van der Waals surface area contributed by atoms with Crippen LogP contribution in [0.4, 0.5) is 8.78 Å². The molecule has 0 spiro atoms. The zero-order valence-corrected chi connectivity index (χ0v) is 12.3. The molecule has 23 heavy (non-hydrogen) atoms. The second kappa shape index (κ2) is 6.01. The summed E-state index contributed by atoms with van der Waals surface area (Å²) in [4.78, 5) is 3.97. The number of halogens is 2. The van der Waals surface area contributed by atoms with Gasteiger partial charge in [-0.25, -0.2) is 8.78 Å². The van der Waals surface area contributed by atoms with Crippen molar-refractivity contribution in [3.05, 3.63) is 53.5 Å². The van der Waals surface area contributed by atoms with Gasteiger partial charge in [-0.3, -0.25) is 9.67 Å². The summed E-state index contributed by atoms with van der Waals surface area (Å²) in [6.45, 7) is 1.91. The third kappa shape index (κ3) is 2.71. The lowest BCUT2D eigenvalue weighted by Gasteiger charge is -2.09. The molecule has 0 amide bonds. The summed E-state index contributed by atoms with van der Waals surface area (Å²) in [5.74, 6) is -1.31. The van der Waals surface area contributed by atoms with Gasteiger partial charge in [0, 0.05) is 29.3 Å². The molecule has 7 heteroatoms. The van der Waals surface area contributed by atoms with Crippen molar-refractivity contribution in [3.8, 4) is 11.8 Å². The Bertz CT molecular complexity index is 891. The smallest absolute Gasteiger partial charge is 0.170 e. The van der Waals surface area contributed by atoms with E-state index >= 15 is 0 Å². The highest BCUT2D eigenvalue weighted by Gasteiger charge is 2.16. The first kappa shape index (κ1) is 14.9. The molecule has 2 heterocycles. The fraction of sp³-hybridized carbons (Fsp3) is 0.188. The molecular formula is C16H12F2N4O. The van der Waals surface area contributed by atoms with E-state index in [1.807, 2.05) is 6.07 Å². The Labute approximate surface area is 130 Å². The van der Waals surface area contributed by atoms with E-state index in [1.165, 1.54) is 17.1 Å². The Morgan fingerprint density at radius 2 is 2.04 bits per heavy atom. The summed E-state index contributed by atoms with van der Waals surface area (Å²) < 4.78 is 34.8. The van der Waals surface area contributed by atoms with Crippen LogP contribution in [0.15, 0.2) is 30.6 Å². The number of ether oxygens (including phenoxy) is 1. The van der Waals surface area contributed by atoms with Gasteiger partial charge in [0.2, 0.25) is 0 Å². The molecule has 5 nitrogen and oxygen atoms in total. The van der Waals surface area contributed by atoms with E-state index in [4.69, 9.17) is 10.00 Å². The van der Waals surface area contributed by atoms with Crippen molar-refractivity contribution >= 4 is 10.9 Å². The number of fused-ring (bicyclic) bond motifs is 1. The van der Waals surface area contributed by atoms with E-state index in [9.17, 15) is 8.78 Å². The lowest BCUT2D eigenvalue weighted by atomic mass is 10.2. The summed E-state index contributed by atoms with van der Waals surface area (Å²) in [6.07, 6.45) is 3.04. The molecule has 0 radical (unpaired) electrons. The van der Waals surface area contributed by atoms with Crippen molar-refractivity contribution in [2.45, 2.75) is 13.5 Å². The van der Waals surface area contributed by atoms with Crippen LogP contribution in [0.2, 0.25) is 0 Å². The molecule has 0 atom stereocenters. The number of pyridine rings is 1. The minimum Gasteiger partial charge on any atom is -0.494 e. The van der Waals surface area contributed by atoms with Crippen LogP contribution < -0.4 is 4.74 Å². The molecule has 0 aliphatic carbocycles. The van der Waals surface area contributed by atoms with E-state index in [1.54, 1.807) is 13.0 Å². The molecule has 2 aromatic heterocycles. The minimum atomic E-state index is -0.723. The van der Waals surface area contributed by atoms with Crippen LogP contribution in [0.25, 0.3) is 10.9 Å². The summed E-state index contributed by atoms with van der Waals surface area (Å²) in [7, 11) is 0. The van der Waals surface area contributed by atoms with Crippen LogP contribution >= 0.6 is 0 Å². The van der Waals surface area contributed by atoms with Gasteiger partial charge in [0.05, 0.1) is 24.9 Å². The first-order valence-corrected chi connectivity index (χ1v) is 6.95. The molecule has 3 aromatic rings. The van der Waals surface area contributed by atoms with E-state index in [0.29, 0.717) is 17.5 Å². The first-order valence-electron chi connectivity index (χ1n) is 6.95. The first-order chi connectivity index (χ1) is 11.1. The van der Waals surface area contributed by atoms with Crippen molar-refractivity contribution < 1.29 is 13.5 Å². The maximum absolute atomic E-state index is 14.2. The van der Waals surface area contributed by atoms with Crippen LogP contribution in [0, 0.1) is 23.0 Å². The molecule has 0 aliphatic rings. The summed E-state index contributed by atoms with van der Waals surface area (Å²) in [6, 6.07) is 5.88. The van der Waals surface area contributed by atoms with Crippen molar-refractivity contribution in [1.29, 1.82) is 5.26 Å². The number of rotatable bonds is 4. The maximum atomic E-state index is 14.2. The zero-order chi connectivity index (χ0) is 16.4. The minimum absolute atomic E-state index is 0.135. The number of nitrogens with zero attached hydrogens (tertiary/aromatic N) is 4. The topological polar surface area (TPSA) is 63.7 Å². The normalized spacial score (nSPS) is 10.7. The number of hydrogen-bond donors (Lipinski definition) is 0. The highest BCUT2D eigenvalue weighted by atomic mass is 19.1. The van der Waals surface area contributed by atoms with Crippen molar-refractivity contribution in [2.75, 3.05) is 6.61 Å². The molecule has 0 saturated heterocycles. The van der Waals surface area contributed by atoms with Gasteiger partial charge in [0.25, 0.3) is 0 Å². The highest BCUT2D eigenvalue weighted by molar-refractivity contribution is 5.83. The maximum Gasteiger partial charge on any atom is 0.170 e. The second-order valence-corrected chi connectivity index (χ2v) is 4.81. The van der Waals surface area contributed by atoms with Gasteiger partial charge in [0.15, 0.2) is 5.69 Å². The average molecular weight is 314 g/mol. The van der Waals surface area contributed by atoms with Crippen molar-refractivity contribution in [1.82, 2.24) is 14.8 Å². The number of hydrogen-bond acceptors (Lipinski definition) is 4. The van der Waals surface area contributed by atoms with Gasteiger partial charge in [-0.05, 0) is 13.0 Å². The van der Waals surface area contributed by atoms with Gasteiger partial charge in [-0.2, -0.15) is 10.4 Å². The number of benzene rings is 1. The lowest BCUT2D eigenvalue weighted by molar-refractivity contribution is 0.335. The van der Waals surface area contributed by atoms with E-state index in [2.05, 4.69) is 10.1 Å². The molecule has 0 bridgehead atoms. The van der Waals surface area contributed by atoms with Crippen LogP contribution in [0.3, 0.4) is 0 Å². The Kier molecular flexibility index (Phi) is 3.89. The van der Waals surface area contributed by atoms with Crippen molar-refractivity contribution in [2.24, 2.45) is 0 Å². The molecule has 0 aliphatic heterocycles. The van der Waals surface area contributed by atoms with Gasteiger partial charge in [-0.15, -0.1) is 0 Å². The molecular weight excluding hydrogens is 302 g/mol. The van der Waals surface area contributed by atoms with Gasteiger partial charge in [0.1, 0.15) is 23.5 Å². The van der Waals surface area contributed by atoms with Crippen LogP contribution in [0.5, 0.6) is 5.75 Å². The Balaban J connectivity index is 2.05. The Morgan fingerprint density at radius 1 is 1.30 bits per heavy atom. The summed E-state index contributed by atoms with van der Waals surface area (Å²) >= 11 is 0. The second-order valence-electron chi connectivity index (χ2n) is 4.81. The highest BCUT2D eigenvalue weighted by Crippen LogP contribution is 2.24. The van der Waals surface area contributed by atoms with E-state index < -0.39 is 11.6 Å². The van der Waals surface area contributed by atoms with Crippen LogP contribution in [-0.4, -0.2) is 21.4 Å².